The number of carboxylic acid groups (broad SMARTS) is 1. The molecule has 174 valence electrons. The van der Waals surface area contributed by atoms with E-state index >= 15 is 0 Å². The highest BCUT2D eigenvalue weighted by molar-refractivity contribution is 6.37. The lowest BCUT2D eigenvalue weighted by atomic mass is 9.77. The number of aromatic hydroxyl groups is 2. The first-order chi connectivity index (χ1) is 16.1. The van der Waals surface area contributed by atoms with Crippen molar-refractivity contribution in [1.82, 2.24) is 0 Å². The van der Waals surface area contributed by atoms with Gasteiger partial charge in [-0.2, -0.15) is 0 Å². The molecule has 0 bridgehead atoms. The SMILES string of the molecule is COc1cc2c(cc1O)Oc1c(cc(OC)c(O)c1Cl)C21OC(=O)c2c1ccc(C(=O)O)c2Cl. The van der Waals surface area contributed by atoms with Gasteiger partial charge in [0.05, 0.1) is 41.5 Å². The summed E-state index contributed by atoms with van der Waals surface area (Å²) in [5, 5.41) is 29.7. The van der Waals surface area contributed by atoms with E-state index in [9.17, 15) is 24.9 Å². The maximum absolute atomic E-state index is 13.1. The second-order valence-corrected chi connectivity index (χ2v) is 8.22. The standard InChI is InChI=1S/C23H14Cl2O9/c1-31-14-5-10-13(7-12(14)26)33-20-11(6-15(32-2)19(27)18(20)25)23(10)9-4-3-8(21(28)29)17(24)16(9)22(30)34-23/h3-7,26-27H,1-2H3,(H,28,29). The largest absolute Gasteiger partial charge is 0.504 e. The minimum Gasteiger partial charge on any atom is -0.504 e. The topological polar surface area (TPSA) is 132 Å². The fraction of sp³-hybridized carbons (Fsp3) is 0.130. The van der Waals surface area contributed by atoms with Crippen molar-refractivity contribution in [1.29, 1.82) is 0 Å². The smallest absolute Gasteiger partial charge is 0.341 e. The van der Waals surface area contributed by atoms with Crippen LogP contribution in [-0.4, -0.2) is 41.5 Å². The lowest BCUT2D eigenvalue weighted by Gasteiger charge is -2.37. The minimum atomic E-state index is -1.75. The van der Waals surface area contributed by atoms with Crippen LogP contribution in [0.25, 0.3) is 0 Å². The first kappa shape index (κ1) is 22.0. The zero-order valence-electron chi connectivity index (χ0n) is 17.4. The van der Waals surface area contributed by atoms with Crippen LogP contribution in [0.15, 0.2) is 30.3 Å². The summed E-state index contributed by atoms with van der Waals surface area (Å²) in [6.45, 7) is 0. The van der Waals surface area contributed by atoms with Crippen LogP contribution in [0.3, 0.4) is 0 Å². The Kier molecular flexibility index (Phi) is 4.75. The van der Waals surface area contributed by atoms with Gasteiger partial charge in [-0.05, 0) is 18.2 Å². The number of ether oxygens (including phenoxy) is 4. The Morgan fingerprint density at radius 2 is 1.65 bits per heavy atom. The van der Waals surface area contributed by atoms with Gasteiger partial charge in [0.15, 0.2) is 34.3 Å². The molecule has 3 aromatic rings. The van der Waals surface area contributed by atoms with Crippen molar-refractivity contribution in [2.24, 2.45) is 0 Å². The van der Waals surface area contributed by atoms with E-state index in [1.807, 2.05) is 0 Å². The second-order valence-electron chi connectivity index (χ2n) is 7.47. The van der Waals surface area contributed by atoms with Crippen LogP contribution in [0.4, 0.5) is 0 Å². The summed E-state index contributed by atoms with van der Waals surface area (Å²) >= 11 is 12.7. The Bertz CT molecular complexity index is 1430. The first-order valence-electron chi connectivity index (χ1n) is 9.64. The number of benzene rings is 3. The molecule has 1 unspecified atom stereocenters. The Morgan fingerprint density at radius 1 is 0.971 bits per heavy atom. The maximum atomic E-state index is 13.1. The fourth-order valence-electron chi connectivity index (χ4n) is 4.32. The summed E-state index contributed by atoms with van der Waals surface area (Å²) in [5.74, 6) is -2.88. The number of methoxy groups -OCH3 is 2. The molecule has 11 heteroatoms. The van der Waals surface area contributed by atoms with Crippen LogP contribution in [0.1, 0.15) is 37.4 Å². The van der Waals surface area contributed by atoms with Crippen molar-refractivity contribution in [3.8, 4) is 34.5 Å². The lowest BCUT2D eigenvalue weighted by molar-refractivity contribution is 0.0222. The van der Waals surface area contributed by atoms with Gasteiger partial charge in [-0.15, -0.1) is 0 Å². The molecule has 0 radical (unpaired) electrons. The van der Waals surface area contributed by atoms with Gasteiger partial charge in [-0.25, -0.2) is 9.59 Å². The molecular weight excluding hydrogens is 491 g/mol. The molecule has 0 aromatic heterocycles. The molecule has 5 rings (SSSR count). The van der Waals surface area contributed by atoms with Gasteiger partial charge < -0.3 is 34.3 Å². The molecule has 3 aromatic carbocycles. The van der Waals surface area contributed by atoms with Gasteiger partial charge in [0.1, 0.15) is 10.8 Å². The highest BCUT2D eigenvalue weighted by atomic mass is 35.5. The molecule has 3 N–H and O–H groups in total. The molecule has 0 saturated carbocycles. The van der Waals surface area contributed by atoms with E-state index in [2.05, 4.69) is 0 Å². The number of carboxylic acids is 1. The lowest BCUT2D eigenvalue weighted by Crippen LogP contribution is -2.33. The molecule has 0 fully saturated rings. The number of esters is 1. The Labute approximate surface area is 201 Å². The molecule has 0 aliphatic carbocycles. The highest BCUT2D eigenvalue weighted by Gasteiger charge is 2.56. The number of halogens is 2. The van der Waals surface area contributed by atoms with Crippen LogP contribution in [0.2, 0.25) is 10.0 Å². The summed E-state index contributed by atoms with van der Waals surface area (Å²) in [4.78, 5) is 24.8. The summed E-state index contributed by atoms with van der Waals surface area (Å²) in [5.41, 5.74) is -1.57. The third kappa shape index (κ3) is 2.68. The normalized spacial score (nSPS) is 17.4. The summed E-state index contributed by atoms with van der Waals surface area (Å²) in [7, 11) is 2.65. The van der Waals surface area contributed by atoms with E-state index in [0.29, 0.717) is 0 Å². The second kappa shape index (κ2) is 7.34. The van der Waals surface area contributed by atoms with Gasteiger partial charge in [0.2, 0.25) is 0 Å². The van der Waals surface area contributed by atoms with E-state index < -0.39 is 23.3 Å². The van der Waals surface area contributed by atoms with Gasteiger partial charge in [0, 0.05) is 11.6 Å². The van der Waals surface area contributed by atoms with E-state index in [-0.39, 0.29) is 66.6 Å². The van der Waals surface area contributed by atoms with Crippen molar-refractivity contribution < 1.29 is 43.9 Å². The van der Waals surface area contributed by atoms with Gasteiger partial charge in [-0.3, -0.25) is 0 Å². The van der Waals surface area contributed by atoms with Crippen molar-refractivity contribution in [3.05, 3.63) is 68.2 Å². The van der Waals surface area contributed by atoms with Gasteiger partial charge in [-0.1, -0.05) is 29.3 Å². The first-order valence-corrected chi connectivity index (χ1v) is 10.4. The number of hydrogen-bond donors (Lipinski definition) is 3. The molecule has 9 nitrogen and oxygen atoms in total. The molecule has 0 saturated heterocycles. The van der Waals surface area contributed by atoms with Crippen LogP contribution in [0, 0.1) is 0 Å². The molecule has 2 heterocycles. The van der Waals surface area contributed by atoms with E-state index in [1.165, 1.54) is 44.6 Å². The number of phenolic OH excluding ortho intramolecular Hbond substituents is 2. The Balaban J connectivity index is 1.95. The van der Waals surface area contributed by atoms with Crippen molar-refractivity contribution >= 4 is 35.1 Å². The number of rotatable bonds is 3. The molecular formula is C23H14Cl2O9. The van der Waals surface area contributed by atoms with Crippen molar-refractivity contribution in [2.75, 3.05) is 14.2 Å². The monoisotopic (exact) mass is 504 g/mol. The zero-order valence-corrected chi connectivity index (χ0v) is 18.9. The van der Waals surface area contributed by atoms with Crippen molar-refractivity contribution in [3.63, 3.8) is 0 Å². The number of hydrogen-bond acceptors (Lipinski definition) is 8. The third-order valence-corrected chi connectivity index (χ3v) is 6.58. The Hall–Kier alpha value is -3.82. The summed E-state index contributed by atoms with van der Waals surface area (Å²) < 4.78 is 22.3. The average molecular weight is 505 g/mol. The molecule has 2 aliphatic rings. The number of phenols is 2. The van der Waals surface area contributed by atoms with Crippen LogP contribution >= 0.6 is 23.2 Å². The Morgan fingerprint density at radius 3 is 2.29 bits per heavy atom. The number of aromatic carboxylic acids is 1. The van der Waals surface area contributed by atoms with Crippen LogP contribution < -0.4 is 14.2 Å². The van der Waals surface area contributed by atoms with E-state index in [1.54, 1.807) is 0 Å². The van der Waals surface area contributed by atoms with Gasteiger partial charge >= 0.3 is 11.9 Å². The summed E-state index contributed by atoms with van der Waals surface area (Å²) in [6, 6.07) is 6.71. The van der Waals surface area contributed by atoms with Crippen LogP contribution in [-0.2, 0) is 10.3 Å². The van der Waals surface area contributed by atoms with E-state index in [4.69, 9.17) is 42.1 Å². The maximum Gasteiger partial charge on any atom is 0.341 e. The zero-order chi connectivity index (χ0) is 24.5. The minimum absolute atomic E-state index is 0.0290. The molecule has 34 heavy (non-hydrogen) atoms. The van der Waals surface area contributed by atoms with E-state index in [0.717, 1.165) is 0 Å². The number of fused-ring (bicyclic) bond motifs is 6. The molecule has 0 amide bonds. The number of carbonyl (C=O) groups is 2. The summed E-state index contributed by atoms with van der Waals surface area (Å²) in [6.07, 6.45) is 0. The molecule has 1 spiro atoms. The highest BCUT2D eigenvalue weighted by Crippen LogP contribution is 2.62. The molecule has 1 atom stereocenters. The third-order valence-electron chi connectivity index (χ3n) is 5.83. The fourth-order valence-corrected chi connectivity index (χ4v) is 4.88. The van der Waals surface area contributed by atoms with Gasteiger partial charge in [0.25, 0.3) is 0 Å². The average Bonchev–Trinajstić information content (AvgIpc) is 3.10. The predicted molar refractivity (Wildman–Crippen MR) is 118 cm³/mol. The molecule has 2 aliphatic heterocycles. The number of carbonyl (C=O) groups excluding carboxylic acids is 1. The van der Waals surface area contributed by atoms with Crippen molar-refractivity contribution in [2.45, 2.75) is 5.60 Å². The quantitative estimate of drug-likeness (QED) is 0.434. The predicted octanol–water partition coefficient (Wildman–Crippen LogP) is 4.69. The van der Waals surface area contributed by atoms with Crippen LogP contribution in [0.5, 0.6) is 34.5 Å².